The van der Waals surface area contributed by atoms with Crippen LogP contribution in [0.25, 0.3) is 0 Å². The minimum atomic E-state index is -0.341. The number of aliphatic hydroxyl groups is 1. The van der Waals surface area contributed by atoms with Gasteiger partial charge in [0, 0.05) is 44.5 Å². The first-order valence-electron chi connectivity index (χ1n) is 8.31. The third-order valence-corrected chi connectivity index (χ3v) is 4.19. The molecule has 1 aromatic rings. The minimum absolute atomic E-state index is 0.0831. The molecule has 23 heavy (non-hydrogen) atoms. The van der Waals surface area contributed by atoms with Crippen LogP contribution in [0.3, 0.4) is 0 Å². The quantitative estimate of drug-likeness (QED) is 0.817. The summed E-state index contributed by atoms with van der Waals surface area (Å²) in [4.78, 5) is 21.2. The Hall–Kier alpha value is -1.66. The minimum Gasteiger partial charge on any atom is -0.393 e. The number of carbonyl (C=O) groups is 1. The summed E-state index contributed by atoms with van der Waals surface area (Å²) in [5, 5.41) is 12.3. The predicted molar refractivity (Wildman–Crippen MR) is 91.7 cm³/mol. The van der Waals surface area contributed by atoms with Gasteiger partial charge >= 0.3 is 0 Å². The van der Waals surface area contributed by atoms with E-state index in [-0.39, 0.29) is 17.9 Å². The zero-order valence-corrected chi connectivity index (χ0v) is 14.3. The number of carbonyl (C=O) groups excluding carboxylic acids is 1. The second-order valence-electron chi connectivity index (χ2n) is 6.59. The monoisotopic (exact) mass is 320 g/mol. The first-order chi connectivity index (χ1) is 11.0. The summed E-state index contributed by atoms with van der Waals surface area (Å²) >= 11 is 0. The molecule has 1 aliphatic heterocycles. The number of hydrogen-bond acceptors (Lipinski definition) is 5. The topological polar surface area (TPSA) is 68.7 Å². The largest absolute Gasteiger partial charge is 0.393 e. The molecule has 0 aromatic carbocycles. The summed E-state index contributed by atoms with van der Waals surface area (Å²) in [6.07, 6.45) is 2.04. The predicted octanol–water partition coefficient (Wildman–Crippen LogP) is 0.970. The maximum absolute atomic E-state index is 12.3. The molecule has 0 radical (unpaired) electrons. The Morgan fingerprint density at radius 2 is 2.04 bits per heavy atom. The lowest BCUT2D eigenvalue weighted by atomic mass is 10.0. The van der Waals surface area contributed by atoms with Gasteiger partial charge < -0.3 is 20.2 Å². The Morgan fingerprint density at radius 3 is 2.70 bits per heavy atom. The van der Waals surface area contributed by atoms with Crippen molar-refractivity contribution in [2.24, 2.45) is 5.92 Å². The average molecular weight is 320 g/mol. The van der Waals surface area contributed by atoms with Crippen molar-refractivity contribution in [3.8, 4) is 0 Å². The Labute approximate surface area is 138 Å². The van der Waals surface area contributed by atoms with Crippen LogP contribution < -0.4 is 10.2 Å². The number of rotatable bonds is 6. The molecule has 2 N–H and O–H groups in total. The highest BCUT2D eigenvalue weighted by atomic mass is 16.3. The molecule has 1 saturated heterocycles. The van der Waals surface area contributed by atoms with E-state index in [2.05, 4.69) is 27.1 Å². The number of nitrogens with one attached hydrogen (secondary N) is 1. The highest BCUT2D eigenvalue weighted by molar-refractivity contribution is 5.94. The van der Waals surface area contributed by atoms with Crippen LogP contribution in [0, 0.1) is 5.92 Å². The van der Waals surface area contributed by atoms with Crippen LogP contribution in [0.5, 0.6) is 0 Å². The lowest BCUT2D eigenvalue weighted by Gasteiger charge is -2.33. The van der Waals surface area contributed by atoms with Gasteiger partial charge in [0.05, 0.1) is 6.10 Å². The third-order valence-electron chi connectivity index (χ3n) is 4.19. The lowest BCUT2D eigenvalue weighted by Crippen LogP contribution is -2.44. The molecule has 1 amide bonds. The van der Waals surface area contributed by atoms with Gasteiger partial charge in [0.2, 0.25) is 0 Å². The van der Waals surface area contributed by atoms with Gasteiger partial charge in [-0.2, -0.15) is 0 Å². The molecule has 2 atom stereocenters. The van der Waals surface area contributed by atoms with Gasteiger partial charge in [-0.1, -0.05) is 6.92 Å². The number of piperazine rings is 1. The van der Waals surface area contributed by atoms with Crippen LogP contribution in [-0.4, -0.2) is 66.8 Å². The molecule has 2 heterocycles. The van der Waals surface area contributed by atoms with Gasteiger partial charge in [0.1, 0.15) is 5.82 Å². The van der Waals surface area contributed by atoms with E-state index < -0.39 is 0 Å². The summed E-state index contributed by atoms with van der Waals surface area (Å²) in [5.74, 6) is 1.03. The average Bonchev–Trinajstić information content (AvgIpc) is 2.53. The summed E-state index contributed by atoms with van der Waals surface area (Å²) in [7, 11) is 2.11. The highest BCUT2D eigenvalue weighted by Gasteiger charge is 2.17. The fourth-order valence-corrected chi connectivity index (χ4v) is 2.80. The van der Waals surface area contributed by atoms with E-state index in [1.807, 2.05) is 13.0 Å². The van der Waals surface area contributed by atoms with Crippen molar-refractivity contribution in [2.45, 2.75) is 26.4 Å². The van der Waals surface area contributed by atoms with Crippen LogP contribution in [0.1, 0.15) is 30.6 Å². The first kappa shape index (κ1) is 17.7. The number of pyridine rings is 1. The molecule has 1 aromatic heterocycles. The Morgan fingerprint density at radius 1 is 1.35 bits per heavy atom. The molecule has 6 nitrogen and oxygen atoms in total. The smallest absolute Gasteiger partial charge is 0.251 e. The number of amides is 1. The fourth-order valence-electron chi connectivity index (χ4n) is 2.80. The maximum atomic E-state index is 12.3. The van der Waals surface area contributed by atoms with Gasteiger partial charge in [0.25, 0.3) is 5.91 Å². The molecule has 128 valence electrons. The molecule has 0 spiro atoms. The first-order valence-corrected chi connectivity index (χ1v) is 8.31. The third kappa shape index (κ3) is 5.48. The van der Waals surface area contributed by atoms with Crippen LogP contribution in [0.15, 0.2) is 18.3 Å². The number of hydrogen-bond donors (Lipinski definition) is 2. The number of nitrogens with zero attached hydrogens (tertiary/aromatic N) is 3. The van der Waals surface area contributed by atoms with E-state index in [1.54, 1.807) is 19.2 Å². The summed E-state index contributed by atoms with van der Waals surface area (Å²) in [6.45, 7) is 8.23. The lowest BCUT2D eigenvalue weighted by molar-refractivity contribution is 0.0939. The van der Waals surface area contributed by atoms with Crippen molar-refractivity contribution in [3.63, 3.8) is 0 Å². The van der Waals surface area contributed by atoms with Crippen molar-refractivity contribution in [1.29, 1.82) is 0 Å². The van der Waals surface area contributed by atoms with Gasteiger partial charge in [0.15, 0.2) is 0 Å². The molecule has 2 unspecified atom stereocenters. The highest BCUT2D eigenvalue weighted by Crippen LogP contribution is 2.15. The van der Waals surface area contributed by atoms with Crippen LogP contribution in [0.2, 0.25) is 0 Å². The number of likely N-dealkylation sites (N-methyl/N-ethyl adjacent to an activating group) is 1. The summed E-state index contributed by atoms with van der Waals surface area (Å²) in [5.41, 5.74) is 0.637. The van der Waals surface area contributed by atoms with E-state index in [4.69, 9.17) is 0 Å². The van der Waals surface area contributed by atoms with Crippen LogP contribution in [-0.2, 0) is 0 Å². The summed E-state index contributed by atoms with van der Waals surface area (Å²) in [6, 6.07) is 3.61. The van der Waals surface area contributed by atoms with Gasteiger partial charge in [-0.15, -0.1) is 0 Å². The number of aliphatic hydroxyl groups excluding tert-OH is 1. The Bertz CT molecular complexity index is 513. The molecule has 1 aliphatic rings. The van der Waals surface area contributed by atoms with E-state index in [1.165, 1.54) is 0 Å². The van der Waals surface area contributed by atoms with Crippen molar-refractivity contribution < 1.29 is 9.90 Å². The molecule has 6 heteroatoms. The standard InChI is InChI=1S/C17H28N4O2/c1-13(10-14(2)22)12-19-17(23)15-4-5-18-16(11-15)21-8-6-20(3)7-9-21/h4-5,11,13-14,22H,6-10,12H2,1-3H3,(H,19,23). The Balaban J connectivity index is 1.92. The van der Waals surface area contributed by atoms with Gasteiger partial charge in [-0.25, -0.2) is 4.98 Å². The molecule has 0 saturated carbocycles. The number of anilines is 1. The normalized spacial score (nSPS) is 18.5. The van der Waals surface area contributed by atoms with Gasteiger partial charge in [-0.05, 0) is 38.4 Å². The number of aromatic nitrogens is 1. The molecule has 0 aliphatic carbocycles. The van der Waals surface area contributed by atoms with Gasteiger partial charge in [-0.3, -0.25) is 4.79 Å². The van der Waals surface area contributed by atoms with Crippen molar-refractivity contribution in [3.05, 3.63) is 23.9 Å². The van der Waals surface area contributed by atoms with Crippen molar-refractivity contribution in [1.82, 2.24) is 15.2 Å². The van der Waals surface area contributed by atoms with Crippen molar-refractivity contribution in [2.75, 3.05) is 44.7 Å². The van der Waals surface area contributed by atoms with E-state index in [9.17, 15) is 9.90 Å². The molecule has 1 fully saturated rings. The fraction of sp³-hybridized carbons (Fsp3) is 0.647. The molecule has 0 bridgehead atoms. The second kappa shape index (κ2) is 8.26. The Kier molecular flexibility index (Phi) is 6.36. The van der Waals surface area contributed by atoms with Crippen molar-refractivity contribution >= 4 is 11.7 Å². The maximum Gasteiger partial charge on any atom is 0.251 e. The van der Waals surface area contributed by atoms with E-state index >= 15 is 0 Å². The van der Waals surface area contributed by atoms with Crippen LogP contribution >= 0.6 is 0 Å². The second-order valence-corrected chi connectivity index (χ2v) is 6.59. The zero-order valence-electron chi connectivity index (χ0n) is 14.3. The molecule has 2 rings (SSSR count). The molecular weight excluding hydrogens is 292 g/mol. The SMILES string of the molecule is CC(O)CC(C)CNC(=O)c1ccnc(N2CCN(C)CC2)c1. The van der Waals surface area contributed by atoms with Crippen LogP contribution in [0.4, 0.5) is 5.82 Å². The summed E-state index contributed by atoms with van der Waals surface area (Å²) < 4.78 is 0. The zero-order chi connectivity index (χ0) is 16.8. The van der Waals surface area contributed by atoms with E-state index in [0.29, 0.717) is 18.5 Å². The van der Waals surface area contributed by atoms with E-state index in [0.717, 1.165) is 32.0 Å². The molecular formula is C17H28N4O2.